The van der Waals surface area contributed by atoms with E-state index in [0.717, 1.165) is 16.1 Å². The Balaban J connectivity index is 2.08. The monoisotopic (exact) mass is 350 g/mol. The molecule has 21 heavy (non-hydrogen) atoms. The van der Waals surface area contributed by atoms with Crippen LogP contribution in [0.2, 0.25) is 0 Å². The quantitative estimate of drug-likeness (QED) is 0.819. The van der Waals surface area contributed by atoms with Gasteiger partial charge in [-0.25, -0.2) is 9.18 Å². The van der Waals surface area contributed by atoms with E-state index in [-0.39, 0.29) is 12.4 Å². The van der Waals surface area contributed by atoms with E-state index in [0.29, 0.717) is 5.56 Å². The highest BCUT2D eigenvalue weighted by molar-refractivity contribution is 9.10. The van der Waals surface area contributed by atoms with E-state index in [1.807, 2.05) is 24.3 Å². The minimum atomic E-state index is -1.08. The zero-order chi connectivity index (χ0) is 15.2. The minimum Gasteiger partial charge on any atom is -0.486 e. The van der Waals surface area contributed by atoms with Crippen LogP contribution in [0.25, 0.3) is 6.08 Å². The van der Waals surface area contributed by atoms with Crippen LogP contribution in [0.5, 0.6) is 5.75 Å². The van der Waals surface area contributed by atoms with Crippen molar-refractivity contribution in [2.24, 2.45) is 0 Å². The summed E-state index contributed by atoms with van der Waals surface area (Å²) in [6, 6.07) is 11.8. The lowest BCUT2D eigenvalue weighted by Crippen LogP contribution is -1.98. The average Bonchev–Trinajstić information content (AvgIpc) is 2.45. The van der Waals surface area contributed by atoms with Crippen LogP contribution in [0.4, 0.5) is 4.39 Å². The van der Waals surface area contributed by atoms with E-state index in [4.69, 9.17) is 9.84 Å². The van der Waals surface area contributed by atoms with Gasteiger partial charge in [0.25, 0.3) is 0 Å². The predicted octanol–water partition coefficient (Wildman–Crippen LogP) is 4.27. The Morgan fingerprint density at radius 1 is 1.29 bits per heavy atom. The van der Waals surface area contributed by atoms with E-state index >= 15 is 0 Å². The molecule has 2 aromatic rings. The number of halogens is 2. The molecule has 108 valence electrons. The molecule has 0 saturated heterocycles. The topological polar surface area (TPSA) is 46.5 Å². The first-order valence-corrected chi connectivity index (χ1v) is 6.92. The van der Waals surface area contributed by atoms with Crippen molar-refractivity contribution in [1.29, 1.82) is 0 Å². The van der Waals surface area contributed by atoms with Crippen LogP contribution in [0.1, 0.15) is 11.1 Å². The Morgan fingerprint density at radius 2 is 2.05 bits per heavy atom. The van der Waals surface area contributed by atoms with Gasteiger partial charge in [0.2, 0.25) is 0 Å². The third kappa shape index (κ3) is 4.43. The Bertz CT molecular complexity index is 683. The van der Waals surface area contributed by atoms with Gasteiger partial charge in [0.05, 0.1) is 0 Å². The first kappa shape index (κ1) is 15.3. The summed E-state index contributed by atoms with van der Waals surface area (Å²) in [5.41, 5.74) is 1.37. The Kier molecular flexibility index (Phi) is 5.11. The lowest BCUT2D eigenvalue weighted by atomic mass is 10.2. The smallest absolute Gasteiger partial charge is 0.328 e. The normalized spacial score (nSPS) is 10.8. The summed E-state index contributed by atoms with van der Waals surface area (Å²) in [6.45, 7) is 0.239. The summed E-state index contributed by atoms with van der Waals surface area (Å²) in [4.78, 5) is 10.4. The van der Waals surface area contributed by atoms with Gasteiger partial charge in [-0.3, -0.25) is 0 Å². The number of rotatable bonds is 5. The molecule has 0 heterocycles. The second-order valence-electron chi connectivity index (χ2n) is 4.24. The number of carboxylic acids is 1. The molecule has 0 aliphatic rings. The van der Waals surface area contributed by atoms with Crippen LogP contribution in [-0.4, -0.2) is 11.1 Å². The van der Waals surface area contributed by atoms with Crippen LogP contribution < -0.4 is 4.74 Å². The van der Waals surface area contributed by atoms with Gasteiger partial charge in [-0.2, -0.15) is 0 Å². The predicted molar refractivity (Wildman–Crippen MR) is 81.5 cm³/mol. The maximum absolute atomic E-state index is 13.9. The molecule has 0 spiro atoms. The van der Waals surface area contributed by atoms with Crippen LogP contribution in [0.15, 0.2) is 53.0 Å². The van der Waals surface area contributed by atoms with Gasteiger partial charge >= 0.3 is 5.97 Å². The summed E-state index contributed by atoms with van der Waals surface area (Å²) < 4.78 is 20.2. The number of carboxylic acid groups (broad SMARTS) is 1. The number of benzene rings is 2. The van der Waals surface area contributed by atoms with Crippen molar-refractivity contribution in [2.45, 2.75) is 6.61 Å². The first-order chi connectivity index (χ1) is 10.1. The SMILES string of the molecule is O=C(O)/C=C/c1ccc(OCc2ccccc2Br)c(F)c1. The summed E-state index contributed by atoms with van der Waals surface area (Å²) in [6.07, 6.45) is 2.28. The second kappa shape index (κ2) is 7.04. The molecule has 0 bridgehead atoms. The van der Waals surface area contributed by atoms with Crippen LogP contribution in [0.3, 0.4) is 0 Å². The second-order valence-corrected chi connectivity index (χ2v) is 5.10. The summed E-state index contributed by atoms with van der Waals surface area (Å²) >= 11 is 3.40. The summed E-state index contributed by atoms with van der Waals surface area (Å²) in [7, 11) is 0. The molecule has 0 unspecified atom stereocenters. The zero-order valence-corrected chi connectivity index (χ0v) is 12.5. The molecule has 5 heteroatoms. The van der Waals surface area contributed by atoms with Crippen LogP contribution in [0, 0.1) is 5.82 Å². The maximum Gasteiger partial charge on any atom is 0.328 e. The van der Waals surface area contributed by atoms with Gasteiger partial charge in [0, 0.05) is 16.1 Å². The molecule has 3 nitrogen and oxygen atoms in total. The van der Waals surface area contributed by atoms with Crippen molar-refractivity contribution in [3.8, 4) is 5.75 Å². The van der Waals surface area contributed by atoms with Crippen molar-refractivity contribution in [3.05, 3.63) is 70.0 Å². The molecule has 0 aliphatic carbocycles. The van der Waals surface area contributed by atoms with Gasteiger partial charge in [-0.05, 0) is 29.8 Å². The molecule has 0 atom stereocenters. The molecule has 0 fully saturated rings. The highest BCUT2D eigenvalue weighted by Gasteiger charge is 2.06. The fraction of sp³-hybridized carbons (Fsp3) is 0.0625. The van der Waals surface area contributed by atoms with Crippen molar-refractivity contribution in [3.63, 3.8) is 0 Å². The van der Waals surface area contributed by atoms with E-state index < -0.39 is 11.8 Å². The van der Waals surface area contributed by atoms with Crippen molar-refractivity contribution < 1.29 is 19.0 Å². The third-order valence-electron chi connectivity index (χ3n) is 2.72. The summed E-state index contributed by atoms with van der Waals surface area (Å²) in [5, 5.41) is 8.53. The Labute approximate surface area is 129 Å². The summed E-state index contributed by atoms with van der Waals surface area (Å²) in [5.74, 6) is -1.49. The molecule has 0 amide bonds. The number of carbonyl (C=O) groups is 1. The number of hydrogen-bond acceptors (Lipinski definition) is 2. The van der Waals surface area contributed by atoms with E-state index in [1.54, 1.807) is 6.07 Å². The molecule has 0 aromatic heterocycles. The third-order valence-corrected chi connectivity index (χ3v) is 3.49. The Hall–Kier alpha value is -2.14. The van der Waals surface area contributed by atoms with Crippen LogP contribution >= 0.6 is 15.9 Å². The van der Waals surface area contributed by atoms with Crippen molar-refractivity contribution in [1.82, 2.24) is 0 Å². The maximum atomic E-state index is 13.9. The molecule has 2 rings (SSSR count). The first-order valence-electron chi connectivity index (χ1n) is 6.13. The standard InChI is InChI=1S/C16H12BrFO3/c17-13-4-2-1-3-12(13)10-21-15-7-5-11(9-14(15)18)6-8-16(19)20/h1-9H,10H2,(H,19,20)/b8-6+. The van der Waals surface area contributed by atoms with E-state index in [1.165, 1.54) is 18.2 Å². The van der Waals surface area contributed by atoms with Gasteiger partial charge in [0.1, 0.15) is 6.61 Å². The number of hydrogen-bond donors (Lipinski definition) is 1. The molecule has 0 aliphatic heterocycles. The van der Waals surface area contributed by atoms with E-state index in [9.17, 15) is 9.18 Å². The number of ether oxygens (including phenoxy) is 1. The highest BCUT2D eigenvalue weighted by atomic mass is 79.9. The zero-order valence-electron chi connectivity index (χ0n) is 10.9. The average molecular weight is 351 g/mol. The largest absolute Gasteiger partial charge is 0.486 e. The van der Waals surface area contributed by atoms with Crippen LogP contribution in [-0.2, 0) is 11.4 Å². The van der Waals surface area contributed by atoms with Gasteiger partial charge < -0.3 is 9.84 Å². The Morgan fingerprint density at radius 3 is 2.71 bits per heavy atom. The van der Waals surface area contributed by atoms with Gasteiger partial charge in [0.15, 0.2) is 11.6 Å². The lowest BCUT2D eigenvalue weighted by Gasteiger charge is -2.09. The number of aliphatic carboxylic acids is 1. The van der Waals surface area contributed by atoms with Gasteiger partial charge in [-0.15, -0.1) is 0 Å². The molecular weight excluding hydrogens is 339 g/mol. The molecule has 0 saturated carbocycles. The molecular formula is C16H12BrFO3. The minimum absolute atomic E-state index is 0.123. The lowest BCUT2D eigenvalue weighted by molar-refractivity contribution is -0.131. The molecule has 2 aromatic carbocycles. The fourth-order valence-corrected chi connectivity index (χ4v) is 2.08. The highest BCUT2D eigenvalue weighted by Crippen LogP contribution is 2.22. The van der Waals surface area contributed by atoms with Gasteiger partial charge in [-0.1, -0.05) is 40.2 Å². The van der Waals surface area contributed by atoms with E-state index in [2.05, 4.69) is 15.9 Å². The fourth-order valence-electron chi connectivity index (χ4n) is 1.68. The van der Waals surface area contributed by atoms with Crippen molar-refractivity contribution in [2.75, 3.05) is 0 Å². The molecule has 0 radical (unpaired) electrons. The van der Waals surface area contributed by atoms with Crippen molar-refractivity contribution >= 4 is 28.0 Å². The molecule has 1 N–H and O–H groups in total.